The molecule has 4 heteroatoms. The average Bonchev–Trinajstić information content (AvgIpc) is 2.57. The molecule has 0 aliphatic heterocycles. The van der Waals surface area contributed by atoms with E-state index < -0.39 is 8.60 Å². The molecule has 0 unspecified atom stereocenters. The van der Waals surface area contributed by atoms with Crippen LogP contribution in [-0.2, 0) is 0 Å². The van der Waals surface area contributed by atoms with E-state index in [1.165, 1.54) is 0 Å². The van der Waals surface area contributed by atoms with Gasteiger partial charge in [0, 0.05) is 0 Å². The number of hydrogen-bond donors (Lipinski definition) is 0. The van der Waals surface area contributed by atoms with E-state index in [4.69, 9.17) is 13.6 Å². The lowest BCUT2D eigenvalue weighted by atomic mass is 10.2. The van der Waals surface area contributed by atoms with Gasteiger partial charge in [-0.1, -0.05) is 42.5 Å². The Hall–Kier alpha value is -2.51. The van der Waals surface area contributed by atoms with Crippen molar-refractivity contribution in [3.05, 3.63) is 89.5 Å². The number of benzene rings is 3. The van der Waals surface area contributed by atoms with Crippen molar-refractivity contribution in [3.63, 3.8) is 0 Å². The van der Waals surface area contributed by atoms with Crippen molar-refractivity contribution in [1.82, 2.24) is 0 Å². The third-order valence-corrected chi connectivity index (χ3v) is 4.67. The summed E-state index contributed by atoms with van der Waals surface area (Å²) in [7, 11) is -1.63. The van der Waals surface area contributed by atoms with Crippen LogP contribution in [-0.4, -0.2) is 0 Å². The summed E-state index contributed by atoms with van der Waals surface area (Å²) >= 11 is 0. The Morgan fingerprint density at radius 3 is 1.68 bits per heavy atom. The molecule has 0 N–H and O–H groups in total. The molecule has 0 atom stereocenters. The maximum Gasteiger partial charge on any atom is 0.530 e. The summed E-state index contributed by atoms with van der Waals surface area (Å²) in [4.78, 5) is 0. The van der Waals surface area contributed by atoms with Gasteiger partial charge in [0.05, 0.1) is 0 Å². The van der Waals surface area contributed by atoms with Crippen molar-refractivity contribution in [2.24, 2.45) is 0 Å². The molecule has 0 aliphatic carbocycles. The first-order chi connectivity index (χ1) is 12.1. The van der Waals surface area contributed by atoms with Crippen LogP contribution in [0.5, 0.6) is 17.2 Å². The lowest BCUT2D eigenvalue weighted by Gasteiger charge is -2.19. The van der Waals surface area contributed by atoms with Crippen molar-refractivity contribution < 1.29 is 13.6 Å². The Kier molecular flexibility index (Phi) is 5.57. The lowest BCUT2D eigenvalue weighted by molar-refractivity contribution is 0.387. The summed E-state index contributed by atoms with van der Waals surface area (Å²) in [5, 5.41) is 0. The van der Waals surface area contributed by atoms with Crippen LogP contribution in [0.1, 0.15) is 16.7 Å². The quantitative estimate of drug-likeness (QED) is 0.482. The van der Waals surface area contributed by atoms with E-state index >= 15 is 0 Å². The van der Waals surface area contributed by atoms with Crippen LogP contribution in [0.15, 0.2) is 72.8 Å². The summed E-state index contributed by atoms with van der Waals surface area (Å²) in [6, 6.07) is 23.6. The Morgan fingerprint density at radius 1 is 0.600 bits per heavy atom. The SMILES string of the molecule is Cc1cccc(OP(Oc2cccc(C)c2)Oc2ccccc2C)c1. The predicted molar refractivity (Wildman–Crippen MR) is 102 cm³/mol. The Morgan fingerprint density at radius 2 is 1.16 bits per heavy atom. The lowest BCUT2D eigenvalue weighted by Crippen LogP contribution is -2.03. The fourth-order valence-electron chi connectivity index (χ4n) is 2.31. The van der Waals surface area contributed by atoms with Gasteiger partial charge >= 0.3 is 8.60 Å². The van der Waals surface area contributed by atoms with E-state index in [0.29, 0.717) is 0 Å². The van der Waals surface area contributed by atoms with Crippen molar-refractivity contribution in [1.29, 1.82) is 0 Å². The van der Waals surface area contributed by atoms with Gasteiger partial charge in [-0.2, -0.15) is 0 Å². The molecule has 0 amide bonds. The van der Waals surface area contributed by atoms with Gasteiger partial charge in [-0.25, -0.2) is 0 Å². The predicted octanol–water partition coefficient (Wildman–Crippen LogP) is 6.38. The molecule has 0 aromatic heterocycles. The maximum atomic E-state index is 6.05. The van der Waals surface area contributed by atoms with Crippen LogP contribution in [0, 0.1) is 20.8 Å². The summed E-state index contributed by atoms with van der Waals surface area (Å²) in [6.45, 7) is 6.06. The third-order valence-electron chi connectivity index (χ3n) is 3.61. The van der Waals surface area contributed by atoms with Gasteiger partial charge in [0.25, 0.3) is 0 Å². The van der Waals surface area contributed by atoms with E-state index in [-0.39, 0.29) is 0 Å². The van der Waals surface area contributed by atoms with Crippen LogP contribution in [0.2, 0.25) is 0 Å². The van der Waals surface area contributed by atoms with Gasteiger partial charge in [-0.3, -0.25) is 0 Å². The topological polar surface area (TPSA) is 27.7 Å². The second-order valence-electron chi connectivity index (χ2n) is 5.90. The third kappa shape index (κ3) is 4.98. The van der Waals surface area contributed by atoms with Gasteiger partial charge in [0.15, 0.2) is 0 Å². The molecule has 0 saturated heterocycles. The molecular formula is C21H21O3P. The summed E-state index contributed by atoms with van der Waals surface area (Å²) in [5.74, 6) is 2.22. The molecule has 0 fully saturated rings. The van der Waals surface area contributed by atoms with E-state index in [2.05, 4.69) is 0 Å². The van der Waals surface area contributed by atoms with E-state index in [1.54, 1.807) is 0 Å². The standard InChI is InChI=1S/C21H21O3P/c1-16-8-6-11-19(14-16)22-25(23-20-12-7-9-17(2)15-20)24-21-13-5-4-10-18(21)3/h4-15H,1-3H3. The van der Waals surface area contributed by atoms with Crippen LogP contribution in [0.4, 0.5) is 0 Å². The fraction of sp³-hybridized carbons (Fsp3) is 0.143. The van der Waals surface area contributed by atoms with E-state index in [1.807, 2.05) is 93.6 Å². The molecule has 25 heavy (non-hydrogen) atoms. The minimum atomic E-state index is -1.63. The molecule has 128 valence electrons. The molecule has 3 aromatic carbocycles. The smallest absolute Gasteiger partial charge is 0.408 e. The maximum absolute atomic E-state index is 6.05. The Bertz CT molecular complexity index is 800. The van der Waals surface area contributed by atoms with E-state index in [0.717, 1.165) is 33.9 Å². The zero-order valence-corrected chi connectivity index (χ0v) is 15.5. The molecule has 0 saturated carbocycles. The fourth-order valence-corrected chi connectivity index (χ4v) is 3.36. The summed E-state index contributed by atoms with van der Waals surface area (Å²) < 4.78 is 18.1. The molecule has 0 heterocycles. The molecule has 0 aliphatic rings. The molecule has 0 bridgehead atoms. The van der Waals surface area contributed by atoms with Crippen molar-refractivity contribution in [3.8, 4) is 17.2 Å². The monoisotopic (exact) mass is 352 g/mol. The molecule has 3 nitrogen and oxygen atoms in total. The van der Waals surface area contributed by atoms with Crippen LogP contribution < -0.4 is 13.6 Å². The van der Waals surface area contributed by atoms with Gasteiger partial charge < -0.3 is 13.6 Å². The van der Waals surface area contributed by atoms with Crippen LogP contribution in [0.25, 0.3) is 0 Å². The zero-order valence-electron chi connectivity index (χ0n) is 14.6. The molecule has 3 aromatic rings. The van der Waals surface area contributed by atoms with Crippen molar-refractivity contribution in [2.45, 2.75) is 20.8 Å². The van der Waals surface area contributed by atoms with Crippen LogP contribution >= 0.6 is 8.60 Å². The highest BCUT2D eigenvalue weighted by molar-refractivity contribution is 7.43. The second-order valence-corrected chi connectivity index (χ2v) is 6.89. The zero-order chi connectivity index (χ0) is 17.6. The highest BCUT2D eigenvalue weighted by Gasteiger charge is 2.20. The average molecular weight is 352 g/mol. The first kappa shape index (κ1) is 17.3. The highest BCUT2D eigenvalue weighted by Crippen LogP contribution is 2.43. The number of rotatable bonds is 6. The summed E-state index contributed by atoms with van der Waals surface area (Å²) in [5.41, 5.74) is 3.29. The van der Waals surface area contributed by atoms with Gasteiger partial charge in [-0.15, -0.1) is 0 Å². The largest absolute Gasteiger partial charge is 0.530 e. The van der Waals surface area contributed by atoms with Crippen molar-refractivity contribution >= 4 is 8.60 Å². The molecular weight excluding hydrogens is 331 g/mol. The first-order valence-electron chi connectivity index (χ1n) is 8.13. The van der Waals surface area contributed by atoms with Gasteiger partial charge in [-0.05, 0) is 67.8 Å². The summed E-state index contributed by atoms with van der Waals surface area (Å²) in [6.07, 6.45) is 0. The molecule has 0 spiro atoms. The van der Waals surface area contributed by atoms with Gasteiger partial charge in [0.1, 0.15) is 17.2 Å². The van der Waals surface area contributed by atoms with Crippen LogP contribution in [0.3, 0.4) is 0 Å². The second kappa shape index (κ2) is 8.04. The Balaban J connectivity index is 1.83. The minimum Gasteiger partial charge on any atom is -0.408 e. The van der Waals surface area contributed by atoms with Crippen molar-refractivity contribution in [2.75, 3.05) is 0 Å². The Labute approximate surface area is 150 Å². The number of para-hydroxylation sites is 1. The number of hydrogen-bond acceptors (Lipinski definition) is 3. The first-order valence-corrected chi connectivity index (χ1v) is 9.23. The normalized spacial score (nSPS) is 10.6. The van der Waals surface area contributed by atoms with E-state index in [9.17, 15) is 0 Å². The highest BCUT2D eigenvalue weighted by atomic mass is 31.2. The molecule has 0 radical (unpaired) electrons. The van der Waals surface area contributed by atoms with Gasteiger partial charge in [0.2, 0.25) is 0 Å². The molecule has 3 rings (SSSR count). The minimum absolute atomic E-state index is 0.729. The number of aryl methyl sites for hydroxylation is 3.